The highest BCUT2D eigenvalue weighted by Gasteiger charge is 2.16. The number of ether oxygens (including phenoxy) is 2. The van der Waals surface area contributed by atoms with Crippen LogP contribution in [0.1, 0.15) is 17.3 Å². The van der Waals surface area contributed by atoms with Gasteiger partial charge in [0, 0.05) is 11.6 Å². The van der Waals surface area contributed by atoms with Gasteiger partial charge in [-0.2, -0.15) is 0 Å². The van der Waals surface area contributed by atoms with E-state index in [1.54, 1.807) is 48.5 Å². The first-order valence-corrected chi connectivity index (χ1v) is 9.64. The smallest absolute Gasteiger partial charge is 0.396 e. The third kappa shape index (κ3) is 4.05. The van der Waals surface area contributed by atoms with E-state index in [4.69, 9.17) is 13.9 Å². The maximum atomic E-state index is 13.3. The van der Waals surface area contributed by atoms with Crippen LogP contribution in [0, 0.1) is 5.82 Å². The Morgan fingerprint density at radius 3 is 2.62 bits per heavy atom. The van der Waals surface area contributed by atoms with Gasteiger partial charge in [0.25, 0.3) is 0 Å². The predicted octanol–water partition coefficient (Wildman–Crippen LogP) is 5.28. The summed E-state index contributed by atoms with van der Waals surface area (Å²) in [4.78, 5) is 23.9. The molecule has 29 heavy (non-hydrogen) atoms. The first-order valence-electron chi connectivity index (χ1n) is 8.82. The van der Waals surface area contributed by atoms with Gasteiger partial charge >= 0.3 is 10.9 Å². The van der Waals surface area contributed by atoms with E-state index in [0.29, 0.717) is 39.3 Å². The zero-order valence-corrected chi connectivity index (χ0v) is 16.1. The molecule has 0 fully saturated rings. The fraction of sp³-hybridized carbons (Fsp3) is 0.0909. The molecule has 0 saturated heterocycles. The molecule has 0 aliphatic rings. The Hall–Kier alpha value is -3.45. The van der Waals surface area contributed by atoms with Gasteiger partial charge in [-0.1, -0.05) is 29.5 Å². The van der Waals surface area contributed by atoms with Gasteiger partial charge < -0.3 is 13.9 Å². The average Bonchev–Trinajstić information content (AvgIpc) is 3.08. The van der Waals surface area contributed by atoms with E-state index in [9.17, 15) is 14.0 Å². The molecular weight excluding hydrogens is 395 g/mol. The molecule has 0 spiro atoms. The third-order valence-electron chi connectivity index (χ3n) is 4.15. The number of esters is 1. The highest BCUT2D eigenvalue weighted by molar-refractivity contribution is 7.16. The predicted molar refractivity (Wildman–Crippen MR) is 108 cm³/mol. The fourth-order valence-electron chi connectivity index (χ4n) is 2.90. The van der Waals surface area contributed by atoms with Crippen LogP contribution in [0.5, 0.6) is 11.5 Å². The second-order valence-corrected chi connectivity index (χ2v) is 7.09. The van der Waals surface area contributed by atoms with Crippen LogP contribution in [0.3, 0.4) is 0 Å². The van der Waals surface area contributed by atoms with Crippen molar-refractivity contribution >= 4 is 27.6 Å². The number of benzene rings is 3. The lowest BCUT2D eigenvalue weighted by molar-refractivity contribution is 0.0734. The molecule has 0 aliphatic heterocycles. The molecule has 0 unspecified atom stereocenters. The number of rotatable bonds is 5. The second-order valence-electron chi connectivity index (χ2n) is 6.11. The van der Waals surface area contributed by atoms with Gasteiger partial charge in [0.15, 0.2) is 5.58 Å². The molecule has 0 aliphatic carbocycles. The van der Waals surface area contributed by atoms with Crippen LogP contribution in [0.2, 0.25) is 0 Å². The molecule has 4 aromatic rings. The molecule has 146 valence electrons. The Morgan fingerprint density at radius 1 is 1.07 bits per heavy atom. The van der Waals surface area contributed by atoms with Crippen LogP contribution in [0.4, 0.5) is 4.39 Å². The van der Waals surface area contributed by atoms with E-state index in [0.717, 1.165) is 11.3 Å². The minimum absolute atomic E-state index is 0.251. The standard InChI is InChI=1S/C22H15FO5S/c1-2-26-16-5-3-4-14(10-16)21(24)27-17-11-18(13-6-8-15(23)9-7-13)20-19(12-17)29-22(25)28-20/h3-12H,2H2,1H3. The summed E-state index contributed by atoms with van der Waals surface area (Å²) in [5, 5.41) is 0. The van der Waals surface area contributed by atoms with Crippen molar-refractivity contribution in [2.24, 2.45) is 0 Å². The summed E-state index contributed by atoms with van der Waals surface area (Å²) >= 11 is 0.903. The quantitative estimate of drug-likeness (QED) is 0.331. The van der Waals surface area contributed by atoms with Crippen molar-refractivity contribution in [2.45, 2.75) is 6.92 Å². The molecule has 1 aromatic heterocycles. The number of fused-ring (bicyclic) bond motifs is 1. The summed E-state index contributed by atoms with van der Waals surface area (Å²) < 4.78 is 30.1. The van der Waals surface area contributed by atoms with E-state index in [-0.39, 0.29) is 11.6 Å². The van der Waals surface area contributed by atoms with Crippen LogP contribution in [-0.4, -0.2) is 12.6 Å². The lowest BCUT2D eigenvalue weighted by Crippen LogP contribution is -2.08. The number of hydrogen-bond acceptors (Lipinski definition) is 6. The topological polar surface area (TPSA) is 65.7 Å². The molecule has 0 radical (unpaired) electrons. The largest absolute Gasteiger partial charge is 0.494 e. The Bertz CT molecular complexity index is 1240. The first kappa shape index (κ1) is 18.9. The summed E-state index contributed by atoms with van der Waals surface area (Å²) in [6.07, 6.45) is 0. The number of carbonyl (C=O) groups is 1. The number of hydrogen-bond donors (Lipinski definition) is 0. The van der Waals surface area contributed by atoms with Gasteiger partial charge in [-0.05, 0) is 48.9 Å². The van der Waals surface area contributed by atoms with Crippen molar-refractivity contribution in [1.29, 1.82) is 0 Å². The van der Waals surface area contributed by atoms with Crippen molar-refractivity contribution in [3.63, 3.8) is 0 Å². The Labute approximate surface area is 168 Å². The van der Waals surface area contributed by atoms with E-state index < -0.39 is 10.9 Å². The molecule has 7 heteroatoms. The fourth-order valence-corrected chi connectivity index (χ4v) is 3.62. The van der Waals surface area contributed by atoms with Crippen molar-refractivity contribution < 1.29 is 23.1 Å². The average molecular weight is 410 g/mol. The second kappa shape index (κ2) is 7.89. The van der Waals surface area contributed by atoms with E-state index in [2.05, 4.69) is 0 Å². The lowest BCUT2D eigenvalue weighted by Gasteiger charge is -2.09. The van der Waals surface area contributed by atoms with Crippen LogP contribution < -0.4 is 14.4 Å². The Morgan fingerprint density at radius 2 is 1.86 bits per heavy atom. The minimum atomic E-state index is -0.563. The molecule has 3 aromatic carbocycles. The van der Waals surface area contributed by atoms with Crippen molar-refractivity contribution in [1.82, 2.24) is 0 Å². The molecule has 4 rings (SSSR count). The van der Waals surface area contributed by atoms with E-state index >= 15 is 0 Å². The van der Waals surface area contributed by atoms with Gasteiger partial charge in [0.05, 0.1) is 16.9 Å². The molecule has 5 nitrogen and oxygen atoms in total. The summed E-state index contributed by atoms with van der Waals surface area (Å²) in [7, 11) is 0. The zero-order valence-electron chi connectivity index (χ0n) is 15.3. The highest BCUT2D eigenvalue weighted by atomic mass is 32.1. The number of carbonyl (C=O) groups excluding carboxylic acids is 1. The molecule has 0 bridgehead atoms. The molecule has 0 atom stereocenters. The van der Waals surface area contributed by atoms with Crippen LogP contribution in [0.25, 0.3) is 21.4 Å². The van der Waals surface area contributed by atoms with Crippen LogP contribution >= 0.6 is 11.3 Å². The summed E-state index contributed by atoms with van der Waals surface area (Å²) in [6.45, 7) is 2.34. The molecular formula is C22H15FO5S. The monoisotopic (exact) mass is 410 g/mol. The lowest BCUT2D eigenvalue weighted by atomic mass is 10.0. The summed E-state index contributed by atoms with van der Waals surface area (Å²) in [5.74, 6) is -0.126. The molecule has 0 amide bonds. The van der Waals surface area contributed by atoms with Gasteiger partial charge in [-0.15, -0.1) is 0 Å². The normalized spacial score (nSPS) is 10.8. The van der Waals surface area contributed by atoms with Crippen molar-refractivity contribution in [3.8, 4) is 22.6 Å². The summed E-state index contributed by atoms with van der Waals surface area (Å²) in [6, 6.07) is 15.6. The maximum Gasteiger partial charge on any atom is 0.396 e. The first-order chi connectivity index (χ1) is 14.0. The highest BCUT2D eigenvalue weighted by Crippen LogP contribution is 2.35. The zero-order chi connectivity index (χ0) is 20.4. The number of halogens is 1. The molecule has 1 heterocycles. The van der Waals surface area contributed by atoms with Gasteiger partial charge in [-0.3, -0.25) is 0 Å². The molecule has 0 saturated carbocycles. The van der Waals surface area contributed by atoms with E-state index in [1.807, 2.05) is 6.92 Å². The van der Waals surface area contributed by atoms with Gasteiger partial charge in [-0.25, -0.2) is 14.0 Å². The van der Waals surface area contributed by atoms with Gasteiger partial charge in [0.2, 0.25) is 0 Å². The Balaban J connectivity index is 1.72. The molecule has 0 N–H and O–H groups in total. The van der Waals surface area contributed by atoms with Crippen LogP contribution in [0.15, 0.2) is 69.9 Å². The Kier molecular flexibility index (Phi) is 5.14. The van der Waals surface area contributed by atoms with Gasteiger partial charge in [0.1, 0.15) is 17.3 Å². The minimum Gasteiger partial charge on any atom is -0.494 e. The third-order valence-corrected chi connectivity index (χ3v) is 4.93. The van der Waals surface area contributed by atoms with Crippen LogP contribution in [-0.2, 0) is 0 Å². The maximum absolute atomic E-state index is 13.3. The van der Waals surface area contributed by atoms with Crippen molar-refractivity contribution in [3.05, 3.63) is 81.8 Å². The van der Waals surface area contributed by atoms with E-state index in [1.165, 1.54) is 12.1 Å². The SMILES string of the molecule is CCOc1cccc(C(=O)Oc2cc(-c3ccc(F)cc3)c3oc(=O)sc3c2)c1. The van der Waals surface area contributed by atoms with Crippen molar-refractivity contribution in [2.75, 3.05) is 6.61 Å². The summed E-state index contributed by atoms with van der Waals surface area (Å²) in [5.41, 5.74) is 1.87.